The van der Waals surface area contributed by atoms with Crippen molar-refractivity contribution < 1.29 is 19.1 Å². The number of primary amides is 1. The number of nitrogens with zero attached hydrogens (tertiary/aromatic N) is 1. The van der Waals surface area contributed by atoms with Gasteiger partial charge in [-0.3, -0.25) is 9.69 Å². The number of rotatable bonds is 10. The molecule has 0 radical (unpaired) electrons. The molecule has 6 heteroatoms. The van der Waals surface area contributed by atoms with E-state index in [0.29, 0.717) is 18.5 Å². The molecule has 188 valence electrons. The molecule has 1 aliphatic heterocycles. The number of carbonyl (C=O) groups is 2. The summed E-state index contributed by atoms with van der Waals surface area (Å²) in [6.45, 7) is 3.01. The molecule has 2 unspecified atom stereocenters. The Morgan fingerprint density at radius 1 is 0.944 bits per heavy atom. The molecule has 0 spiro atoms. The van der Waals surface area contributed by atoms with Gasteiger partial charge in [-0.2, -0.15) is 0 Å². The quantitative estimate of drug-likeness (QED) is 0.405. The molecule has 1 aliphatic rings. The summed E-state index contributed by atoms with van der Waals surface area (Å²) < 4.78 is 12.2. The standard InChI is InChI=1S/C30H34N2O4/c1-2-25-17-11-12-21-32(25)30(29(31)34,24-15-7-4-8-16-24)36-27-19-10-9-18-26(27)28(33)35-22-20-23-13-5-3-6-14-23/h3-10,13-16,18-19,25H,2,11-12,17,20-22H2,1H3,(H2,31,34). The molecule has 3 aromatic carbocycles. The number of carbonyl (C=O) groups excluding carboxylic acids is 2. The van der Waals surface area contributed by atoms with Crippen molar-refractivity contribution in [1.82, 2.24) is 4.90 Å². The number of para-hydroxylation sites is 1. The number of benzene rings is 3. The fourth-order valence-corrected chi connectivity index (χ4v) is 4.99. The zero-order valence-electron chi connectivity index (χ0n) is 20.8. The maximum atomic E-state index is 13.3. The molecule has 1 amide bonds. The van der Waals surface area contributed by atoms with Gasteiger partial charge in [-0.05, 0) is 37.0 Å². The van der Waals surface area contributed by atoms with Gasteiger partial charge in [0, 0.05) is 24.6 Å². The van der Waals surface area contributed by atoms with Gasteiger partial charge in [0.15, 0.2) is 0 Å². The monoisotopic (exact) mass is 486 g/mol. The molecule has 1 saturated heterocycles. The maximum Gasteiger partial charge on any atom is 0.341 e. The maximum absolute atomic E-state index is 13.3. The van der Waals surface area contributed by atoms with E-state index in [9.17, 15) is 9.59 Å². The van der Waals surface area contributed by atoms with Crippen molar-refractivity contribution >= 4 is 11.9 Å². The fourth-order valence-electron chi connectivity index (χ4n) is 4.99. The van der Waals surface area contributed by atoms with Crippen molar-refractivity contribution in [3.8, 4) is 5.75 Å². The van der Waals surface area contributed by atoms with Gasteiger partial charge in [-0.1, -0.05) is 86.1 Å². The summed E-state index contributed by atoms with van der Waals surface area (Å²) >= 11 is 0. The lowest BCUT2D eigenvalue weighted by Gasteiger charge is -2.47. The summed E-state index contributed by atoms with van der Waals surface area (Å²) in [6, 6.07) is 26.2. The molecule has 36 heavy (non-hydrogen) atoms. The molecule has 1 heterocycles. The normalized spacial score (nSPS) is 17.6. The highest BCUT2D eigenvalue weighted by Gasteiger charge is 2.50. The van der Waals surface area contributed by atoms with E-state index in [-0.39, 0.29) is 24.0 Å². The second-order valence-electron chi connectivity index (χ2n) is 9.10. The first kappa shape index (κ1) is 25.5. The number of hydrogen-bond donors (Lipinski definition) is 1. The Morgan fingerprint density at radius 3 is 2.31 bits per heavy atom. The van der Waals surface area contributed by atoms with Gasteiger partial charge < -0.3 is 15.2 Å². The van der Waals surface area contributed by atoms with E-state index >= 15 is 0 Å². The van der Waals surface area contributed by atoms with Crippen LogP contribution in [0.15, 0.2) is 84.9 Å². The minimum Gasteiger partial charge on any atom is -0.462 e. The zero-order valence-corrected chi connectivity index (χ0v) is 20.8. The summed E-state index contributed by atoms with van der Waals surface area (Å²) in [7, 11) is 0. The lowest BCUT2D eigenvalue weighted by Crippen LogP contribution is -2.63. The Labute approximate surface area is 213 Å². The summed E-state index contributed by atoms with van der Waals surface area (Å²) in [6.07, 6.45) is 4.43. The van der Waals surface area contributed by atoms with Crippen molar-refractivity contribution in [2.24, 2.45) is 5.73 Å². The minimum absolute atomic E-state index is 0.122. The smallest absolute Gasteiger partial charge is 0.341 e. The van der Waals surface area contributed by atoms with Crippen LogP contribution in [0, 0.1) is 0 Å². The van der Waals surface area contributed by atoms with E-state index in [4.69, 9.17) is 15.2 Å². The average Bonchev–Trinajstić information content (AvgIpc) is 2.93. The summed E-state index contributed by atoms with van der Waals surface area (Å²) in [5, 5.41) is 0. The third-order valence-electron chi connectivity index (χ3n) is 6.83. The van der Waals surface area contributed by atoms with Crippen LogP contribution < -0.4 is 10.5 Å². The highest BCUT2D eigenvalue weighted by molar-refractivity contribution is 5.93. The molecule has 4 rings (SSSR count). The summed E-state index contributed by atoms with van der Waals surface area (Å²) in [5.74, 6) is -0.842. The van der Waals surface area contributed by atoms with Crippen LogP contribution >= 0.6 is 0 Å². The van der Waals surface area contributed by atoms with E-state index in [1.807, 2.05) is 60.7 Å². The van der Waals surface area contributed by atoms with Gasteiger partial charge in [0.1, 0.15) is 11.3 Å². The molecule has 0 saturated carbocycles. The predicted octanol–water partition coefficient (Wildman–Crippen LogP) is 5.07. The van der Waals surface area contributed by atoms with Crippen LogP contribution in [0.2, 0.25) is 0 Å². The molecular formula is C30H34N2O4. The van der Waals surface area contributed by atoms with Crippen LogP contribution in [0.25, 0.3) is 0 Å². The van der Waals surface area contributed by atoms with E-state index < -0.39 is 17.6 Å². The average molecular weight is 487 g/mol. The lowest BCUT2D eigenvalue weighted by atomic mass is 9.91. The largest absolute Gasteiger partial charge is 0.462 e. The van der Waals surface area contributed by atoms with Crippen LogP contribution in [-0.4, -0.2) is 36.0 Å². The number of piperidine rings is 1. The third-order valence-corrected chi connectivity index (χ3v) is 6.83. The van der Waals surface area contributed by atoms with Gasteiger partial charge >= 0.3 is 5.97 Å². The van der Waals surface area contributed by atoms with Crippen molar-refractivity contribution in [2.45, 2.75) is 50.8 Å². The van der Waals surface area contributed by atoms with Crippen LogP contribution in [0.3, 0.4) is 0 Å². The van der Waals surface area contributed by atoms with E-state index in [1.165, 1.54) is 0 Å². The molecule has 0 aliphatic carbocycles. The van der Waals surface area contributed by atoms with Crippen molar-refractivity contribution in [3.05, 3.63) is 102 Å². The van der Waals surface area contributed by atoms with Crippen LogP contribution in [0.4, 0.5) is 0 Å². The first-order valence-electron chi connectivity index (χ1n) is 12.7. The molecule has 3 aromatic rings. The second-order valence-corrected chi connectivity index (χ2v) is 9.10. The molecule has 0 aromatic heterocycles. The van der Waals surface area contributed by atoms with Gasteiger partial charge in [0.05, 0.1) is 6.61 Å². The SMILES string of the molecule is CCC1CCCCN1C(Oc1ccccc1C(=O)OCCc1ccccc1)(C(N)=O)c1ccccc1. The van der Waals surface area contributed by atoms with E-state index in [0.717, 1.165) is 31.2 Å². The van der Waals surface area contributed by atoms with Gasteiger partial charge in [0.2, 0.25) is 0 Å². The molecule has 6 nitrogen and oxygen atoms in total. The Hall–Kier alpha value is -3.64. The topological polar surface area (TPSA) is 81.9 Å². The Balaban J connectivity index is 1.66. The van der Waals surface area contributed by atoms with E-state index in [1.54, 1.807) is 24.3 Å². The third kappa shape index (κ3) is 5.44. The van der Waals surface area contributed by atoms with Crippen molar-refractivity contribution in [3.63, 3.8) is 0 Å². The number of ether oxygens (including phenoxy) is 2. The number of likely N-dealkylation sites (tertiary alicyclic amines) is 1. The highest BCUT2D eigenvalue weighted by atomic mass is 16.5. The highest BCUT2D eigenvalue weighted by Crippen LogP contribution is 2.38. The molecule has 0 bridgehead atoms. The Morgan fingerprint density at radius 2 is 1.61 bits per heavy atom. The lowest BCUT2D eigenvalue weighted by molar-refractivity contribution is -0.166. The first-order valence-corrected chi connectivity index (χ1v) is 12.7. The summed E-state index contributed by atoms with van der Waals surface area (Å²) in [4.78, 5) is 28.5. The fraction of sp³-hybridized carbons (Fsp3) is 0.333. The van der Waals surface area contributed by atoms with Crippen molar-refractivity contribution in [1.29, 1.82) is 0 Å². The number of hydrogen-bond acceptors (Lipinski definition) is 5. The number of amides is 1. The second kappa shape index (κ2) is 11.9. The van der Waals surface area contributed by atoms with Crippen molar-refractivity contribution in [2.75, 3.05) is 13.2 Å². The van der Waals surface area contributed by atoms with Crippen LogP contribution in [0.5, 0.6) is 5.75 Å². The van der Waals surface area contributed by atoms with Gasteiger partial charge in [-0.25, -0.2) is 4.79 Å². The number of nitrogens with two attached hydrogens (primary N) is 1. The van der Waals surface area contributed by atoms with E-state index in [2.05, 4.69) is 11.8 Å². The predicted molar refractivity (Wildman–Crippen MR) is 139 cm³/mol. The molecule has 2 atom stereocenters. The molecular weight excluding hydrogens is 452 g/mol. The van der Waals surface area contributed by atoms with Crippen LogP contribution in [-0.2, 0) is 21.7 Å². The Kier molecular flexibility index (Phi) is 8.39. The molecule has 2 N–H and O–H groups in total. The van der Waals surface area contributed by atoms with Gasteiger partial charge in [0.25, 0.3) is 11.6 Å². The molecule has 1 fully saturated rings. The Bertz CT molecular complexity index is 1150. The van der Waals surface area contributed by atoms with Crippen LogP contribution in [0.1, 0.15) is 54.1 Å². The minimum atomic E-state index is -1.55. The number of esters is 1. The zero-order chi connectivity index (χ0) is 25.4. The first-order chi connectivity index (χ1) is 17.6. The van der Waals surface area contributed by atoms with Gasteiger partial charge in [-0.15, -0.1) is 0 Å². The summed E-state index contributed by atoms with van der Waals surface area (Å²) in [5.41, 5.74) is 6.59.